The van der Waals surface area contributed by atoms with E-state index < -0.39 is 25.4 Å². The van der Waals surface area contributed by atoms with Crippen LogP contribution in [0, 0.1) is 0 Å². The molecule has 0 aromatic carbocycles. The van der Waals surface area contributed by atoms with Crippen LogP contribution in [-0.2, 0) is 9.59 Å². The van der Waals surface area contributed by atoms with E-state index in [9.17, 15) is 9.59 Å². The number of carbonyl (C=O) groups is 2. The first-order chi connectivity index (χ1) is 11.9. The molecule has 3 aliphatic heterocycles. The highest BCUT2D eigenvalue weighted by Crippen LogP contribution is 2.33. The minimum atomic E-state index is -1.21. The molecule has 0 saturated carbocycles. The summed E-state index contributed by atoms with van der Waals surface area (Å²) < 4.78 is 0. The summed E-state index contributed by atoms with van der Waals surface area (Å²) in [5, 5.41) is 25.0. The van der Waals surface area contributed by atoms with Crippen molar-refractivity contribution in [1.82, 2.24) is 14.7 Å². The number of ketones is 2. The molecule has 1 aliphatic carbocycles. The number of nitrogens with zero attached hydrogens (tertiary/aromatic N) is 3. The van der Waals surface area contributed by atoms with Crippen molar-refractivity contribution in [3.8, 4) is 0 Å². The third-order valence-corrected chi connectivity index (χ3v) is 4.43. The number of carbonyl (C=O) groups excluding carboxylic acids is 2. The molecule has 146 valence electrons. The molecule has 9 nitrogen and oxygen atoms in total. The van der Waals surface area contributed by atoms with Gasteiger partial charge in [0.1, 0.15) is 11.4 Å². The van der Waals surface area contributed by atoms with Gasteiger partial charge in [0, 0.05) is 45.3 Å². The Morgan fingerprint density at radius 2 is 1.27 bits per heavy atom. The monoisotopic (exact) mass is 388 g/mol. The normalized spacial score (nSPS) is 21.1. The van der Waals surface area contributed by atoms with Crippen LogP contribution >= 0.6 is 12.4 Å². The van der Waals surface area contributed by atoms with E-state index in [-0.39, 0.29) is 24.0 Å². The maximum atomic E-state index is 12.4. The fraction of sp³-hybridized carbons (Fsp3) is 0.625. The summed E-state index contributed by atoms with van der Waals surface area (Å²) in [4.78, 5) is 30.5. The Hall–Kier alpha value is -1.65. The number of aliphatic hydroxyl groups excluding tert-OH is 3. The lowest BCUT2D eigenvalue weighted by molar-refractivity contribution is -0.117. The van der Waals surface area contributed by atoms with Crippen molar-refractivity contribution in [3.63, 3.8) is 0 Å². The van der Waals surface area contributed by atoms with Crippen LogP contribution in [-0.4, -0.2) is 106 Å². The van der Waals surface area contributed by atoms with E-state index in [1.54, 1.807) is 0 Å². The standard InChI is InChI=1S/C12H13N3O2.C4H11NO3.ClH/c16-9-7-8(13-1-2-13)12(17)11(15-5-6-15)10(9)14-3-4-14;5-4(1-6,2-7)3-8;/h7H,1-6H2;6-8H,1-3,5H2;1H. The Morgan fingerprint density at radius 1 is 0.846 bits per heavy atom. The average Bonchev–Trinajstić information content (AvgIpc) is 3.47. The van der Waals surface area contributed by atoms with E-state index in [0.717, 1.165) is 39.3 Å². The van der Waals surface area contributed by atoms with Crippen molar-refractivity contribution in [2.24, 2.45) is 5.73 Å². The molecule has 10 heteroatoms. The quantitative estimate of drug-likeness (QED) is 0.283. The van der Waals surface area contributed by atoms with Gasteiger partial charge < -0.3 is 35.8 Å². The molecule has 0 spiro atoms. The van der Waals surface area contributed by atoms with E-state index in [2.05, 4.69) is 0 Å². The highest BCUT2D eigenvalue weighted by Gasteiger charge is 2.43. The van der Waals surface area contributed by atoms with Gasteiger partial charge in [0.25, 0.3) is 0 Å². The van der Waals surface area contributed by atoms with E-state index in [0.29, 0.717) is 17.1 Å². The third-order valence-electron chi connectivity index (χ3n) is 4.43. The minimum Gasteiger partial charge on any atom is -0.394 e. The van der Waals surface area contributed by atoms with E-state index in [4.69, 9.17) is 21.1 Å². The maximum Gasteiger partial charge on any atom is 0.227 e. The molecule has 26 heavy (non-hydrogen) atoms. The fourth-order valence-corrected chi connectivity index (χ4v) is 2.43. The molecule has 3 saturated heterocycles. The molecule has 5 N–H and O–H groups in total. The molecule has 4 rings (SSSR count). The molecule has 3 heterocycles. The summed E-state index contributed by atoms with van der Waals surface area (Å²) in [6, 6.07) is 0. The van der Waals surface area contributed by atoms with Crippen molar-refractivity contribution in [2.45, 2.75) is 5.54 Å². The largest absolute Gasteiger partial charge is 0.394 e. The summed E-state index contributed by atoms with van der Waals surface area (Å²) in [5.41, 5.74) is 5.82. The molecule has 0 aromatic rings. The van der Waals surface area contributed by atoms with Crippen molar-refractivity contribution in [1.29, 1.82) is 0 Å². The second kappa shape index (κ2) is 7.93. The Kier molecular flexibility index (Phi) is 6.30. The summed E-state index contributed by atoms with van der Waals surface area (Å²) in [7, 11) is 0. The van der Waals surface area contributed by atoms with Gasteiger partial charge in [0.2, 0.25) is 11.6 Å². The van der Waals surface area contributed by atoms with Gasteiger partial charge in [-0.3, -0.25) is 9.59 Å². The lowest BCUT2D eigenvalue weighted by Gasteiger charge is -2.21. The van der Waals surface area contributed by atoms with Gasteiger partial charge in [-0.1, -0.05) is 0 Å². The van der Waals surface area contributed by atoms with Crippen LogP contribution in [0.3, 0.4) is 0 Å². The highest BCUT2D eigenvalue weighted by molar-refractivity contribution is 6.22. The summed E-state index contributed by atoms with van der Waals surface area (Å²) in [5.74, 6) is 0.0485. The lowest BCUT2D eigenvalue weighted by atomic mass is 10.0. The Labute approximate surface area is 157 Å². The topological polar surface area (TPSA) is 130 Å². The summed E-state index contributed by atoms with van der Waals surface area (Å²) >= 11 is 0. The number of Topliss-reactive ketones (excluding diaryl/α,β-unsaturated/α-hetero) is 1. The Balaban J connectivity index is 0.000000235. The van der Waals surface area contributed by atoms with Gasteiger partial charge in [-0.15, -0.1) is 12.4 Å². The van der Waals surface area contributed by atoms with Crippen LogP contribution in [0.25, 0.3) is 0 Å². The van der Waals surface area contributed by atoms with Crippen molar-refractivity contribution < 1.29 is 24.9 Å². The molecule has 3 fully saturated rings. The van der Waals surface area contributed by atoms with Crippen molar-refractivity contribution in [3.05, 3.63) is 23.2 Å². The summed E-state index contributed by atoms with van der Waals surface area (Å²) in [6.07, 6.45) is 1.52. The molecule has 0 radical (unpaired) electrons. The van der Waals surface area contributed by atoms with Crippen LogP contribution in [0.4, 0.5) is 0 Å². The van der Waals surface area contributed by atoms with E-state index >= 15 is 0 Å². The van der Waals surface area contributed by atoms with Gasteiger partial charge in [-0.2, -0.15) is 0 Å². The molecule has 0 aromatic heterocycles. The molecule has 0 bridgehead atoms. The molecular weight excluding hydrogens is 364 g/mol. The minimum absolute atomic E-state index is 0. The highest BCUT2D eigenvalue weighted by atomic mass is 35.5. The number of halogens is 1. The number of nitrogens with two attached hydrogens (primary N) is 1. The number of allylic oxidation sites excluding steroid dienone is 1. The van der Waals surface area contributed by atoms with E-state index in [1.165, 1.54) is 6.08 Å². The van der Waals surface area contributed by atoms with Crippen LogP contribution in [0.2, 0.25) is 0 Å². The predicted molar refractivity (Wildman–Crippen MR) is 95.3 cm³/mol. The number of hydrogen-bond donors (Lipinski definition) is 4. The Morgan fingerprint density at radius 3 is 1.62 bits per heavy atom. The molecule has 0 unspecified atom stereocenters. The first-order valence-corrected chi connectivity index (χ1v) is 8.35. The number of rotatable bonds is 6. The van der Waals surface area contributed by atoms with Crippen molar-refractivity contribution in [2.75, 3.05) is 59.1 Å². The molecule has 0 amide bonds. The van der Waals surface area contributed by atoms with Crippen LogP contribution in [0.5, 0.6) is 0 Å². The van der Waals surface area contributed by atoms with Crippen LogP contribution in [0.1, 0.15) is 0 Å². The third kappa shape index (κ3) is 4.36. The first kappa shape index (κ1) is 20.7. The lowest BCUT2D eigenvalue weighted by Crippen LogP contribution is -2.50. The van der Waals surface area contributed by atoms with Crippen molar-refractivity contribution >= 4 is 24.0 Å². The van der Waals surface area contributed by atoms with Gasteiger partial charge in [0.05, 0.1) is 31.1 Å². The zero-order valence-electron chi connectivity index (χ0n) is 14.4. The smallest absolute Gasteiger partial charge is 0.227 e. The van der Waals surface area contributed by atoms with E-state index in [1.807, 2.05) is 14.7 Å². The van der Waals surface area contributed by atoms with Gasteiger partial charge in [-0.25, -0.2) is 0 Å². The first-order valence-electron chi connectivity index (χ1n) is 8.35. The zero-order valence-corrected chi connectivity index (χ0v) is 15.2. The zero-order chi connectivity index (χ0) is 18.2. The second-order valence-corrected chi connectivity index (χ2v) is 6.72. The number of aliphatic hydroxyl groups is 3. The van der Waals surface area contributed by atoms with Gasteiger partial charge in [0.15, 0.2) is 0 Å². The average molecular weight is 389 g/mol. The number of hydrogen-bond acceptors (Lipinski definition) is 9. The maximum absolute atomic E-state index is 12.4. The SMILES string of the molecule is Cl.NC(CO)(CO)CO.O=C1C=C(N2CC2)C(=O)C(N2CC2)=C1N1CC1. The predicted octanol–water partition coefficient (Wildman–Crippen LogP) is -2.74. The second-order valence-electron chi connectivity index (χ2n) is 6.72. The molecule has 4 aliphatic rings. The van der Waals surface area contributed by atoms with Gasteiger partial charge >= 0.3 is 0 Å². The Bertz CT molecular complexity index is 626. The molecular formula is C16H25ClN4O5. The van der Waals surface area contributed by atoms with Gasteiger partial charge in [-0.05, 0) is 0 Å². The van der Waals surface area contributed by atoms with Crippen LogP contribution in [0.15, 0.2) is 23.2 Å². The van der Waals surface area contributed by atoms with Crippen LogP contribution < -0.4 is 5.73 Å². The fourth-order valence-electron chi connectivity index (χ4n) is 2.43. The molecule has 0 atom stereocenters. The summed E-state index contributed by atoms with van der Waals surface area (Å²) in [6.45, 7) is 4.20.